The van der Waals surface area contributed by atoms with E-state index in [1.54, 1.807) is 21.3 Å². The van der Waals surface area contributed by atoms with Gasteiger partial charge in [0.05, 0.1) is 0 Å². The number of rotatable bonds is 9. The molecule has 0 heterocycles. The van der Waals surface area contributed by atoms with Crippen LogP contribution >= 0.6 is 0 Å². The molecule has 116 valence electrons. The van der Waals surface area contributed by atoms with Crippen molar-refractivity contribution in [2.75, 3.05) is 41.2 Å². The maximum absolute atomic E-state index is 5.50. The Bertz CT molecular complexity index is 219. The number of ether oxygens (including phenoxy) is 3. The monoisotopic (exact) mass is 470 g/mol. The van der Waals surface area contributed by atoms with Crippen LogP contribution in [-0.4, -0.2) is 62.9 Å². The summed E-state index contributed by atoms with van der Waals surface area (Å²) in [4.78, 5) is 0. The molecular formula is C15H33BiO3. The van der Waals surface area contributed by atoms with Gasteiger partial charge in [-0.3, -0.25) is 0 Å². The molecule has 4 heteroatoms. The third-order valence-electron chi connectivity index (χ3n) is 3.31. The summed E-state index contributed by atoms with van der Waals surface area (Å²) in [7, 11) is 5.41. The van der Waals surface area contributed by atoms with Gasteiger partial charge in [-0.1, -0.05) is 0 Å². The second-order valence-corrected chi connectivity index (χ2v) is 23.8. The molecule has 0 N–H and O–H groups in total. The van der Waals surface area contributed by atoms with Crippen LogP contribution in [0, 0.1) is 0 Å². The molecule has 0 amide bonds. The van der Waals surface area contributed by atoms with E-state index in [1.165, 1.54) is 0 Å². The standard InChI is InChI=1S/3C5H11O.Bi/c3*1-5(2)4-6-3;/h3*4H2,1-3H3;. The Kier molecular flexibility index (Phi) is 7.99. The van der Waals surface area contributed by atoms with Crippen LogP contribution in [0.5, 0.6) is 0 Å². The fourth-order valence-corrected chi connectivity index (χ4v) is 25.8. The van der Waals surface area contributed by atoms with Crippen molar-refractivity contribution in [3.63, 3.8) is 0 Å². The summed E-state index contributed by atoms with van der Waals surface area (Å²) >= 11 is -2.08. The first-order valence-corrected chi connectivity index (χ1v) is 12.0. The third kappa shape index (κ3) is 5.57. The van der Waals surface area contributed by atoms with E-state index < -0.39 is 21.8 Å². The molecule has 0 unspecified atom stereocenters. The van der Waals surface area contributed by atoms with Gasteiger partial charge in [0.25, 0.3) is 0 Å². The first-order valence-electron chi connectivity index (χ1n) is 6.82. The Morgan fingerprint density at radius 2 is 0.789 bits per heavy atom. The van der Waals surface area contributed by atoms with Gasteiger partial charge in [0, 0.05) is 0 Å². The van der Waals surface area contributed by atoms with E-state index in [4.69, 9.17) is 14.2 Å². The second-order valence-electron chi connectivity index (χ2n) is 7.07. The summed E-state index contributed by atoms with van der Waals surface area (Å²) < 4.78 is 17.3. The Hall–Kier alpha value is 0.763. The van der Waals surface area contributed by atoms with Crippen molar-refractivity contribution < 1.29 is 14.2 Å². The van der Waals surface area contributed by atoms with Gasteiger partial charge in [-0.15, -0.1) is 0 Å². The summed E-state index contributed by atoms with van der Waals surface area (Å²) in [5.74, 6) is 0. The number of hydrogen-bond acceptors (Lipinski definition) is 3. The molecule has 0 rings (SSSR count). The molecule has 0 saturated heterocycles. The van der Waals surface area contributed by atoms with Gasteiger partial charge in [-0.05, 0) is 0 Å². The average molecular weight is 470 g/mol. The van der Waals surface area contributed by atoms with Crippen LogP contribution in [0.3, 0.4) is 0 Å². The van der Waals surface area contributed by atoms with Crippen molar-refractivity contribution >= 4 is 21.8 Å². The van der Waals surface area contributed by atoms with E-state index in [0.717, 1.165) is 19.8 Å². The van der Waals surface area contributed by atoms with Crippen molar-refractivity contribution in [3.05, 3.63) is 0 Å². The summed E-state index contributed by atoms with van der Waals surface area (Å²) in [6, 6.07) is 0. The molecule has 0 aliphatic heterocycles. The van der Waals surface area contributed by atoms with Crippen LogP contribution in [0.25, 0.3) is 0 Å². The van der Waals surface area contributed by atoms with Gasteiger partial charge < -0.3 is 0 Å². The summed E-state index contributed by atoms with van der Waals surface area (Å²) in [6.45, 7) is 16.7. The van der Waals surface area contributed by atoms with Crippen LogP contribution in [0.4, 0.5) is 0 Å². The Balaban J connectivity index is 5.49. The first kappa shape index (κ1) is 19.8. The van der Waals surface area contributed by atoms with E-state index in [2.05, 4.69) is 41.5 Å². The minimum atomic E-state index is -2.08. The van der Waals surface area contributed by atoms with Crippen molar-refractivity contribution in [3.8, 4) is 0 Å². The van der Waals surface area contributed by atoms with E-state index in [1.807, 2.05) is 0 Å². The van der Waals surface area contributed by atoms with Gasteiger partial charge >= 0.3 is 128 Å². The topological polar surface area (TPSA) is 27.7 Å². The summed E-state index contributed by atoms with van der Waals surface area (Å²) in [6.07, 6.45) is 0. The minimum absolute atomic E-state index is 0.258. The zero-order chi connectivity index (χ0) is 15.3. The molecule has 3 nitrogen and oxygen atoms in total. The predicted molar refractivity (Wildman–Crippen MR) is 83.5 cm³/mol. The predicted octanol–water partition coefficient (Wildman–Crippen LogP) is 3.76. The van der Waals surface area contributed by atoms with Crippen molar-refractivity contribution in [2.45, 2.75) is 50.9 Å². The number of methoxy groups -OCH3 is 3. The molecule has 0 aromatic carbocycles. The molecule has 0 aromatic heterocycles. The quantitative estimate of drug-likeness (QED) is 0.481. The Labute approximate surface area is 128 Å². The first-order chi connectivity index (χ1) is 8.55. The van der Waals surface area contributed by atoms with Crippen LogP contribution < -0.4 is 0 Å². The molecule has 0 fully saturated rings. The number of hydrogen-bond donors (Lipinski definition) is 0. The Morgan fingerprint density at radius 3 is 0.947 bits per heavy atom. The van der Waals surface area contributed by atoms with Gasteiger partial charge in [0.15, 0.2) is 0 Å². The van der Waals surface area contributed by atoms with Gasteiger partial charge in [-0.25, -0.2) is 0 Å². The maximum atomic E-state index is 5.50. The van der Waals surface area contributed by atoms with Crippen LogP contribution in [0.15, 0.2) is 0 Å². The molecule has 19 heavy (non-hydrogen) atoms. The normalized spacial score (nSPS) is 14.2. The molecule has 0 aliphatic carbocycles. The van der Waals surface area contributed by atoms with Crippen LogP contribution in [0.1, 0.15) is 41.5 Å². The fourth-order valence-electron chi connectivity index (χ4n) is 3.71. The average Bonchev–Trinajstić information content (AvgIpc) is 2.14. The van der Waals surface area contributed by atoms with E-state index >= 15 is 0 Å². The molecule has 0 bridgehead atoms. The molecule has 0 aromatic rings. The van der Waals surface area contributed by atoms with Crippen LogP contribution in [-0.2, 0) is 14.2 Å². The third-order valence-corrected chi connectivity index (χ3v) is 18.9. The SMILES string of the molecule is COC[C](C)(C)[Bi]([C](C)(C)COC)[C](C)(C)COC. The van der Waals surface area contributed by atoms with Crippen molar-refractivity contribution in [1.29, 1.82) is 0 Å². The summed E-state index contributed by atoms with van der Waals surface area (Å²) in [5.41, 5.74) is 0. The van der Waals surface area contributed by atoms with Gasteiger partial charge in [-0.2, -0.15) is 0 Å². The van der Waals surface area contributed by atoms with Crippen molar-refractivity contribution in [2.24, 2.45) is 0 Å². The van der Waals surface area contributed by atoms with Gasteiger partial charge in [0.1, 0.15) is 0 Å². The zero-order valence-electron chi connectivity index (χ0n) is 14.3. The molecule has 0 aliphatic rings. The van der Waals surface area contributed by atoms with E-state index in [0.29, 0.717) is 0 Å². The Morgan fingerprint density at radius 1 is 0.579 bits per heavy atom. The molecule has 0 spiro atoms. The molecule has 0 radical (unpaired) electrons. The summed E-state index contributed by atoms with van der Waals surface area (Å²) in [5, 5.41) is 0. The van der Waals surface area contributed by atoms with Gasteiger partial charge in [0.2, 0.25) is 0 Å². The van der Waals surface area contributed by atoms with Crippen molar-refractivity contribution in [1.82, 2.24) is 0 Å². The fraction of sp³-hybridized carbons (Fsp3) is 1.00. The molecular weight excluding hydrogens is 437 g/mol. The molecule has 0 saturated carbocycles. The molecule has 0 atom stereocenters. The van der Waals surface area contributed by atoms with Crippen LogP contribution in [0.2, 0.25) is 9.37 Å². The van der Waals surface area contributed by atoms with E-state index in [9.17, 15) is 0 Å². The zero-order valence-corrected chi connectivity index (χ0v) is 17.8. The second kappa shape index (κ2) is 7.68. The van der Waals surface area contributed by atoms with E-state index in [-0.39, 0.29) is 9.37 Å².